The fourth-order valence-corrected chi connectivity index (χ4v) is 2.45. The number of fused-ring (bicyclic) bond motifs is 1. The van der Waals surface area contributed by atoms with E-state index < -0.39 is 0 Å². The lowest BCUT2D eigenvalue weighted by Crippen LogP contribution is -1.97. The van der Waals surface area contributed by atoms with E-state index >= 15 is 0 Å². The lowest BCUT2D eigenvalue weighted by molar-refractivity contribution is -0.119. The van der Waals surface area contributed by atoms with Crippen molar-refractivity contribution >= 4 is 5.78 Å². The van der Waals surface area contributed by atoms with Gasteiger partial charge in [0.2, 0.25) is 0 Å². The molecule has 2 rings (SSSR count). The molecule has 0 amide bonds. The molecule has 0 aromatic heterocycles. The van der Waals surface area contributed by atoms with Crippen LogP contribution in [0.5, 0.6) is 5.75 Å². The van der Waals surface area contributed by atoms with E-state index in [2.05, 4.69) is 25.1 Å². The molecule has 1 aliphatic heterocycles. The molecule has 0 spiro atoms. The Morgan fingerprint density at radius 3 is 3.00 bits per heavy atom. The summed E-state index contributed by atoms with van der Waals surface area (Å²) in [4.78, 5) is 11.4. The average molecular weight is 246 g/mol. The molecule has 0 saturated heterocycles. The molecule has 0 fully saturated rings. The summed E-state index contributed by atoms with van der Waals surface area (Å²) in [6.07, 6.45) is 6.72. The number of benzene rings is 1. The van der Waals surface area contributed by atoms with Crippen molar-refractivity contribution in [3.05, 3.63) is 29.3 Å². The van der Waals surface area contributed by atoms with Crippen LogP contribution in [0.1, 0.15) is 50.2 Å². The lowest BCUT2D eigenvalue weighted by atomic mass is 10.0. The third-order valence-corrected chi connectivity index (χ3v) is 3.45. The average Bonchev–Trinajstić information content (AvgIpc) is 2.82. The number of hydrogen-bond donors (Lipinski definition) is 0. The summed E-state index contributed by atoms with van der Waals surface area (Å²) in [5, 5.41) is 0. The third-order valence-electron chi connectivity index (χ3n) is 3.45. The van der Waals surface area contributed by atoms with Gasteiger partial charge in [-0.25, -0.2) is 0 Å². The Labute approximate surface area is 109 Å². The zero-order valence-electron chi connectivity index (χ0n) is 11.2. The number of ether oxygens (including phenoxy) is 1. The molecule has 98 valence electrons. The Morgan fingerprint density at radius 2 is 2.17 bits per heavy atom. The van der Waals surface area contributed by atoms with Crippen LogP contribution in [0, 0.1) is 0 Å². The van der Waals surface area contributed by atoms with Gasteiger partial charge in [-0.05, 0) is 42.9 Å². The first-order chi connectivity index (χ1) is 8.79. The van der Waals surface area contributed by atoms with Gasteiger partial charge in [0.15, 0.2) is 0 Å². The Hall–Kier alpha value is -1.31. The standard InChI is InChI=1S/C16H22O2/c1-2-5-15(17)7-4-3-6-13-8-9-16-14(12-13)10-11-18-16/h8-9,12H,2-7,10-11H2,1H3. The number of ketones is 1. The van der Waals surface area contributed by atoms with Crippen LogP contribution >= 0.6 is 0 Å². The van der Waals surface area contributed by atoms with Gasteiger partial charge in [-0.1, -0.05) is 19.1 Å². The van der Waals surface area contributed by atoms with Crippen molar-refractivity contribution in [3.8, 4) is 5.75 Å². The van der Waals surface area contributed by atoms with Crippen molar-refractivity contribution < 1.29 is 9.53 Å². The molecule has 0 radical (unpaired) electrons. The number of Topliss-reactive ketones (excluding diaryl/α,β-unsaturated/α-hetero) is 1. The van der Waals surface area contributed by atoms with Crippen molar-refractivity contribution in [1.82, 2.24) is 0 Å². The highest BCUT2D eigenvalue weighted by Crippen LogP contribution is 2.26. The second kappa shape index (κ2) is 6.58. The highest BCUT2D eigenvalue weighted by Gasteiger charge is 2.11. The first-order valence-electron chi connectivity index (χ1n) is 7.06. The Bertz CT molecular complexity index is 410. The quantitative estimate of drug-likeness (QED) is 0.686. The number of hydrogen-bond acceptors (Lipinski definition) is 2. The molecular formula is C16H22O2. The molecule has 1 aliphatic rings. The Morgan fingerprint density at radius 1 is 1.28 bits per heavy atom. The summed E-state index contributed by atoms with van der Waals surface area (Å²) in [7, 11) is 0. The monoisotopic (exact) mass is 246 g/mol. The van der Waals surface area contributed by atoms with Crippen LogP contribution in [0.2, 0.25) is 0 Å². The number of rotatable bonds is 7. The topological polar surface area (TPSA) is 26.3 Å². The predicted octanol–water partition coefficient (Wildman–Crippen LogP) is 3.70. The molecule has 2 heteroatoms. The second-order valence-electron chi connectivity index (χ2n) is 5.04. The van der Waals surface area contributed by atoms with Crippen LogP contribution in [-0.2, 0) is 17.6 Å². The van der Waals surface area contributed by atoms with E-state index in [1.54, 1.807) is 0 Å². The van der Waals surface area contributed by atoms with E-state index in [1.807, 2.05) is 0 Å². The van der Waals surface area contributed by atoms with E-state index in [0.717, 1.165) is 57.3 Å². The van der Waals surface area contributed by atoms with Crippen LogP contribution in [-0.4, -0.2) is 12.4 Å². The molecule has 0 atom stereocenters. The number of carbonyl (C=O) groups excluding carboxylic acids is 1. The highest BCUT2D eigenvalue weighted by atomic mass is 16.5. The van der Waals surface area contributed by atoms with Gasteiger partial charge in [-0.15, -0.1) is 0 Å². The maximum Gasteiger partial charge on any atom is 0.132 e. The number of unbranched alkanes of at least 4 members (excludes halogenated alkanes) is 1. The zero-order valence-corrected chi connectivity index (χ0v) is 11.2. The van der Waals surface area contributed by atoms with Crippen molar-refractivity contribution in [2.45, 2.75) is 51.9 Å². The number of aryl methyl sites for hydroxylation is 1. The van der Waals surface area contributed by atoms with Crippen molar-refractivity contribution in [2.75, 3.05) is 6.61 Å². The molecule has 1 aromatic carbocycles. The van der Waals surface area contributed by atoms with Gasteiger partial charge in [-0.2, -0.15) is 0 Å². The van der Waals surface area contributed by atoms with Gasteiger partial charge < -0.3 is 4.74 Å². The number of carbonyl (C=O) groups is 1. The minimum atomic E-state index is 0.417. The largest absolute Gasteiger partial charge is 0.493 e. The molecule has 0 aliphatic carbocycles. The summed E-state index contributed by atoms with van der Waals surface area (Å²) in [5.41, 5.74) is 2.72. The van der Waals surface area contributed by atoms with Gasteiger partial charge in [0.25, 0.3) is 0 Å². The van der Waals surface area contributed by atoms with Crippen LogP contribution in [0.4, 0.5) is 0 Å². The molecular weight excluding hydrogens is 224 g/mol. The maximum atomic E-state index is 11.4. The lowest BCUT2D eigenvalue weighted by Gasteiger charge is -2.04. The van der Waals surface area contributed by atoms with E-state index in [-0.39, 0.29) is 0 Å². The minimum Gasteiger partial charge on any atom is -0.493 e. The van der Waals surface area contributed by atoms with Crippen molar-refractivity contribution in [3.63, 3.8) is 0 Å². The third kappa shape index (κ3) is 3.59. The molecule has 1 heterocycles. The van der Waals surface area contributed by atoms with E-state index in [0.29, 0.717) is 5.78 Å². The maximum absolute atomic E-state index is 11.4. The zero-order chi connectivity index (χ0) is 12.8. The fourth-order valence-electron chi connectivity index (χ4n) is 2.45. The van der Waals surface area contributed by atoms with Gasteiger partial charge in [-0.3, -0.25) is 4.79 Å². The van der Waals surface area contributed by atoms with Gasteiger partial charge in [0.05, 0.1) is 6.61 Å². The summed E-state index contributed by atoms with van der Waals surface area (Å²) in [6, 6.07) is 6.49. The molecule has 2 nitrogen and oxygen atoms in total. The first kappa shape index (κ1) is 13.1. The first-order valence-corrected chi connectivity index (χ1v) is 7.06. The van der Waals surface area contributed by atoms with Gasteiger partial charge in [0, 0.05) is 19.3 Å². The van der Waals surface area contributed by atoms with E-state index in [9.17, 15) is 4.79 Å². The summed E-state index contributed by atoms with van der Waals surface area (Å²) < 4.78 is 5.49. The van der Waals surface area contributed by atoms with Crippen LogP contribution in [0.15, 0.2) is 18.2 Å². The SMILES string of the molecule is CCCC(=O)CCCCc1ccc2c(c1)CCO2. The van der Waals surface area contributed by atoms with Gasteiger partial charge >= 0.3 is 0 Å². The summed E-state index contributed by atoms with van der Waals surface area (Å²) in [6.45, 7) is 2.88. The molecule has 0 unspecified atom stereocenters. The summed E-state index contributed by atoms with van der Waals surface area (Å²) >= 11 is 0. The molecule has 0 saturated carbocycles. The van der Waals surface area contributed by atoms with Crippen LogP contribution < -0.4 is 4.74 Å². The van der Waals surface area contributed by atoms with E-state index in [4.69, 9.17) is 4.74 Å². The van der Waals surface area contributed by atoms with E-state index in [1.165, 1.54) is 11.1 Å². The molecule has 0 bridgehead atoms. The predicted molar refractivity (Wildman–Crippen MR) is 73.1 cm³/mol. The minimum absolute atomic E-state index is 0.417. The van der Waals surface area contributed by atoms with Gasteiger partial charge in [0.1, 0.15) is 11.5 Å². The molecule has 18 heavy (non-hydrogen) atoms. The summed E-state index contributed by atoms with van der Waals surface area (Å²) in [5.74, 6) is 1.47. The van der Waals surface area contributed by atoms with Crippen LogP contribution in [0.25, 0.3) is 0 Å². The van der Waals surface area contributed by atoms with Crippen molar-refractivity contribution in [1.29, 1.82) is 0 Å². The van der Waals surface area contributed by atoms with Crippen LogP contribution in [0.3, 0.4) is 0 Å². The smallest absolute Gasteiger partial charge is 0.132 e. The van der Waals surface area contributed by atoms with Crippen molar-refractivity contribution in [2.24, 2.45) is 0 Å². The normalized spacial score (nSPS) is 13.2. The Balaban J connectivity index is 1.72. The highest BCUT2D eigenvalue weighted by molar-refractivity contribution is 5.78. The molecule has 1 aromatic rings. The molecule has 0 N–H and O–H groups in total. The fraction of sp³-hybridized carbons (Fsp3) is 0.562. The Kier molecular flexibility index (Phi) is 4.80. The second-order valence-corrected chi connectivity index (χ2v) is 5.04.